The average Bonchev–Trinajstić information content (AvgIpc) is 2.98. The standard InChI is InChI=1S/C12H20N4O3S/c1-8-13-14-12(19-8)7-16-5-10(9-3-4-9)11(6-16)15-20(2,17)18/h9-11,15H,3-7H2,1-2H3/t10-,11+/m1/s1. The predicted octanol–water partition coefficient (Wildman–Crippen LogP) is 0.138. The first kappa shape index (κ1) is 14.0. The molecule has 1 aliphatic carbocycles. The Hall–Kier alpha value is -0.990. The molecule has 1 aromatic rings. The number of aromatic nitrogens is 2. The van der Waals surface area contributed by atoms with Gasteiger partial charge in [-0.2, -0.15) is 0 Å². The Balaban J connectivity index is 1.66. The van der Waals surface area contributed by atoms with Crippen molar-refractivity contribution in [3.8, 4) is 0 Å². The van der Waals surface area contributed by atoms with E-state index < -0.39 is 10.0 Å². The maximum atomic E-state index is 11.5. The Labute approximate surface area is 118 Å². The van der Waals surface area contributed by atoms with Crippen LogP contribution in [0.25, 0.3) is 0 Å². The van der Waals surface area contributed by atoms with Crippen LogP contribution in [0.15, 0.2) is 4.42 Å². The molecule has 0 spiro atoms. The van der Waals surface area contributed by atoms with Crippen molar-refractivity contribution < 1.29 is 12.8 Å². The molecular formula is C12H20N4O3S. The zero-order valence-corrected chi connectivity index (χ0v) is 12.6. The number of aryl methyl sites for hydroxylation is 1. The zero-order chi connectivity index (χ0) is 14.3. The van der Waals surface area contributed by atoms with Crippen LogP contribution in [0.1, 0.15) is 24.6 Å². The SMILES string of the molecule is Cc1nnc(CN2C[C@H](NS(C)(=O)=O)[C@@H](C3CC3)C2)o1. The van der Waals surface area contributed by atoms with Gasteiger partial charge in [-0.3, -0.25) is 4.90 Å². The van der Waals surface area contributed by atoms with Gasteiger partial charge in [-0.05, 0) is 24.7 Å². The number of nitrogens with zero attached hydrogens (tertiary/aromatic N) is 3. The van der Waals surface area contributed by atoms with Crippen molar-refractivity contribution in [2.24, 2.45) is 11.8 Å². The van der Waals surface area contributed by atoms with E-state index in [2.05, 4.69) is 19.8 Å². The van der Waals surface area contributed by atoms with Crippen molar-refractivity contribution in [2.75, 3.05) is 19.3 Å². The summed E-state index contributed by atoms with van der Waals surface area (Å²) in [7, 11) is -3.17. The summed E-state index contributed by atoms with van der Waals surface area (Å²) in [5.74, 6) is 2.21. The van der Waals surface area contributed by atoms with Crippen molar-refractivity contribution in [1.82, 2.24) is 19.8 Å². The Morgan fingerprint density at radius 3 is 2.65 bits per heavy atom. The third-order valence-corrected chi connectivity index (χ3v) is 4.69. The maximum Gasteiger partial charge on any atom is 0.230 e. The first-order valence-corrected chi connectivity index (χ1v) is 8.78. The minimum atomic E-state index is -3.17. The van der Waals surface area contributed by atoms with Crippen LogP contribution in [0.5, 0.6) is 0 Å². The molecule has 3 rings (SSSR count). The summed E-state index contributed by atoms with van der Waals surface area (Å²) in [6, 6.07) is 0.00141. The summed E-state index contributed by atoms with van der Waals surface area (Å²) in [6.45, 7) is 3.95. The van der Waals surface area contributed by atoms with Gasteiger partial charge in [0.05, 0.1) is 12.8 Å². The highest BCUT2D eigenvalue weighted by Gasteiger charge is 2.43. The van der Waals surface area contributed by atoms with Gasteiger partial charge in [0.2, 0.25) is 21.8 Å². The highest BCUT2D eigenvalue weighted by Crippen LogP contribution is 2.41. The van der Waals surface area contributed by atoms with Crippen LogP contribution in [0.3, 0.4) is 0 Å². The number of hydrogen-bond acceptors (Lipinski definition) is 6. The van der Waals surface area contributed by atoms with Gasteiger partial charge in [-0.25, -0.2) is 13.1 Å². The van der Waals surface area contributed by atoms with E-state index in [0.29, 0.717) is 36.7 Å². The van der Waals surface area contributed by atoms with Crippen LogP contribution in [-0.4, -0.2) is 48.9 Å². The lowest BCUT2D eigenvalue weighted by Gasteiger charge is -2.17. The van der Waals surface area contributed by atoms with Gasteiger partial charge in [0.1, 0.15) is 0 Å². The minimum absolute atomic E-state index is 0.00141. The predicted molar refractivity (Wildman–Crippen MR) is 72.3 cm³/mol. The molecular weight excluding hydrogens is 280 g/mol. The van der Waals surface area contributed by atoms with Gasteiger partial charge in [0, 0.05) is 26.1 Å². The smallest absolute Gasteiger partial charge is 0.230 e. The molecule has 2 fully saturated rings. The first-order valence-electron chi connectivity index (χ1n) is 6.89. The van der Waals surface area contributed by atoms with Gasteiger partial charge in [0.25, 0.3) is 0 Å². The number of sulfonamides is 1. The summed E-state index contributed by atoms with van der Waals surface area (Å²) < 4.78 is 31.1. The molecule has 0 amide bonds. The molecule has 1 saturated carbocycles. The van der Waals surface area contributed by atoms with Gasteiger partial charge >= 0.3 is 0 Å². The Bertz CT molecular complexity index is 581. The molecule has 0 aromatic carbocycles. The summed E-state index contributed by atoms with van der Waals surface area (Å²) in [5.41, 5.74) is 0. The van der Waals surface area contributed by atoms with Gasteiger partial charge in [-0.15, -0.1) is 10.2 Å². The second-order valence-corrected chi connectivity index (χ2v) is 7.69. The topological polar surface area (TPSA) is 88.3 Å². The maximum absolute atomic E-state index is 11.5. The van der Waals surface area contributed by atoms with Crippen molar-refractivity contribution >= 4 is 10.0 Å². The lowest BCUT2D eigenvalue weighted by Crippen LogP contribution is -2.40. The van der Waals surface area contributed by atoms with E-state index in [-0.39, 0.29) is 6.04 Å². The van der Waals surface area contributed by atoms with E-state index >= 15 is 0 Å². The number of likely N-dealkylation sites (tertiary alicyclic amines) is 1. The van der Waals surface area contributed by atoms with Crippen molar-refractivity contribution in [1.29, 1.82) is 0 Å². The molecule has 2 heterocycles. The molecule has 0 radical (unpaired) electrons. The van der Waals surface area contributed by atoms with Crippen LogP contribution in [0.2, 0.25) is 0 Å². The lowest BCUT2D eigenvalue weighted by molar-refractivity contribution is 0.273. The molecule has 0 bridgehead atoms. The van der Waals surface area contributed by atoms with Gasteiger partial charge in [-0.1, -0.05) is 0 Å². The van der Waals surface area contributed by atoms with Crippen molar-refractivity contribution in [3.63, 3.8) is 0 Å². The van der Waals surface area contributed by atoms with E-state index in [9.17, 15) is 8.42 Å². The fraction of sp³-hybridized carbons (Fsp3) is 0.833. The second-order valence-electron chi connectivity index (χ2n) is 5.91. The van der Waals surface area contributed by atoms with Crippen LogP contribution < -0.4 is 4.72 Å². The quantitative estimate of drug-likeness (QED) is 0.832. The monoisotopic (exact) mass is 300 g/mol. The highest BCUT2D eigenvalue weighted by atomic mass is 32.2. The van der Waals surface area contributed by atoms with Crippen molar-refractivity contribution in [2.45, 2.75) is 32.4 Å². The largest absolute Gasteiger partial charge is 0.424 e. The summed E-state index contributed by atoms with van der Waals surface area (Å²) in [5, 5.41) is 7.82. The molecule has 20 heavy (non-hydrogen) atoms. The lowest BCUT2D eigenvalue weighted by atomic mass is 9.99. The van der Waals surface area contributed by atoms with Crippen LogP contribution in [-0.2, 0) is 16.6 Å². The highest BCUT2D eigenvalue weighted by molar-refractivity contribution is 7.88. The number of nitrogens with one attached hydrogen (secondary N) is 1. The number of hydrogen-bond donors (Lipinski definition) is 1. The van der Waals surface area contributed by atoms with Crippen molar-refractivity contribution in [3.05, 3.63) is 11.8 Å². The van der Waals surface area contributed by atoms with E-state index in [4.69, 9.17) is 4.42 Å². The summed E-state index contributed by atoms with van der Waals surface area (Å²) in [4.78, 5) is 2.19. The van der Waals surface area contributed by atoms with Crippen LogP contribution >= 0.6 is 0 Å². The fourth-order valence-corrected chi connectivity index (χ4v) is 3.84. The Morgan fingerprint density at radius 1 is 1.35 bits per heavy atom. The second kappa shape index (κ2) is 5.09. The van der Waals surface area contributed by atoms with Gasteiger partial charge < -0.3 is 4.42 Å². The fourth-order valence-electron chi connectivity index (χ4n) is 3.04. The molecule has 1 N–H and O–H groups in total. The molecule has 112 valence electrons. The molecule has 1 aliphatic heterocycles. The molecule has 8 heteroatoms. The van der Waals surface area contributed by atoms with E-state index in [1.807, 2.05) is 0 Å². The summed E-state index contributed by atoms with van der Waals surface area (Å²) >= 11 is 0. The zero-order valence-electron chi connectivity index (χ0n) is 11.7. The molecule has 1 aromatic heterocycles. The van der Waals surface area contributed by atoms with Gasteiger partial charge in [0.15, 0.2) is 0 Å². The Kier molecular flexibility index (Phi) is 3.55. The van der Waals surface area contributed by atoms with Crippen LogP contribution in [0, 0.1) is 18.8 Å². The normalized spacial score (nSPS) is 28.1. The van der Waals surface area contributed by atoms with E-state index in [0.717, 1.165) is 6.54 Å². The molecule has 0 unspecified atom stereocenters. The number of rotatable bonds is 5. The summed E-state index contributed by atoms with van der Waals surface area (Å²) in [6.07, 6.45) is 3.64. The third-order valence-electron chi connectivity index (χ3n) is 3.96. The molecule has 2 atom stereocenters. The third kappa shape index (κ3) is 3.36. The minimum Gasteiger partial charge on any atom is -0.424 e. The molecule has 2 aliphatic rings. The van der Waals surface area contributed by atoms with E-state index in [1.54, 1.807) is 6.92 Å². The van der Waals surface area contributed by atoms with E-state index in [1.165, 1.54) is 19.1 Å². The molecule has 7 nitrogen and oxygen atoms in total. The first-order chi connectivity index (χ1) is 9.40. The Morgan fingerprint density at radius 2 is 2.10 bits per heavy atom. The molecule has 1 saturated heterocycles. The van der Waals surface area contributed by atoms with Crippen LogP contribution in [0.4, 0.5) is 0 Å². The average molecular weight is 300 g/mol.